The van der Waals surface area contributed by atoms with E-state index in [-0.39, 0.29) is 17.9 Å². The summed E-state index contributed by atoms with van der Waals surface area (Å²) < 4.78 is 5.43. The van der Waals surface area contributed by atoms with Crippen molar-refractivity contribution in [2.75, 3.05) is 26.8 Å². The van der Waals surface area contributed by atoms with Gasteiger partial charge in [0.05, 0.1) is 19.1 Å². The zero-order valence-corrected chi connectivity index (χ0v) is 10.2. The zero-order chi connectivity index (χ0) is 11.5. The van der Waals surface area contributed by atoms with Gasteiger partial charge in [-0.1, -0.05) is 6.92 Å². The van der Waals surface area contributed by atoms with Crippen molar-refractivity contribution in [2.24, 2.45) is 5.92 Å². The first-order valence-corrected chi connectivity index (χ1v) is 6.31. The fourth-order valence-corrected chi connectivity index (χ4v) is 2.23. The van der Waals surface area contributed by atoms with Crippen molar-refractivity contribution in [1.82, 2.24) is 10.2 Å². The van der Waals surface area contributed by atoms with E-state index in [1.165, 1.54) is 12.8 Å². The molecule has 16 heavy (non-hydrogen) atoms. The van der Waals surface area contributed by atoms with Gasteiger partial charge in [0.1, 0.15) is 0 Å². The van der Waals surface area contributed by atoms with Gasteiger partial charge in [0.25, 0.3) is 0 Å². The van der Waals surface area contributed by atoms with Crippen molar-refractivity contribution in [3.8, 4) is 0 Å². The lowest BCUT2D eigenvalue weighted by atomic mass is 10.0. The molecule has 0 aromatic carbocycles. The molecule has 0 radical (unpaired) electrons. The van der Waals surface area contributed by atoms with E-state index in [0.29, 0.717) is 19.3 Å². The quantitative estimate of drug-likeness (QED) is 0.747. The normalized spacial score (nSPS) is 29.4. The van der Waals surface area contributed by atoms with Crippen LogP contribution in [0.15, 0.2) is 0 Å². The molecule has 1 aliphatic heterocycles. The van der Waals surface area contributed by atoms with Gasteiger partial charge in [-0.3, -0.25) is 4.79 Å². The van der Waals surface area contributed by atoms with Crippen molar-refractivity contribution < 1.29 is 9.53 Å². The highest BCUT2D eigenvalue weighted by molar-refractivity contribution is 5.80. The first-order chi connectivity index (χ1) is 7.74. The van der Waals surface area contributed by atoms with Crippen LogP contribution < -0.4 is 5.32 Å². The lowest BCUT2D eigenvalue weighted by Crippen LogP contribution is -2.45. The van der Waals surface area contributed by atoms with E-state index in [9.17, 15) is 4.79 Å². The summed E-state index contributed by atoms with van der Waals surface area (Å²) in [5, 5.41) is 3.40. The second kappa shape index (κ2) is 5.15. The Balaban J connectivity index is 1.88. The van der Waals surface area contributed by atoms with Gasteiger partial charge >= 0.3 is 0 Å². The van der Waals surface area contributed by atoms with Crippen molar-refractivity contribution in [3.05, 3.63) is 0 Å². The average molecular weight is 226 g/mol. The fraction of sp³-hybridized carbons (Fsp3) is 0.917. The third kappa shape index (κ3) is 2.55. The predicted molar refractivity (Wildman–Crippen MR) is 62.2 cm³/mol. The Morgan fingerprint density at radius 3 is 2.81 bits per heavy atom. The lowest BCUT2D eigenvalue weighted by molar-refractivity contribution is -0.135. The molecule has 0 aromatic heterocycles. The molecule has 2 fully saturated rings. The molecule has 92 valence electrons. The van der Waals surface area contributed by atoms with E-state index in [1.54, 1.807) is 0 Å². The summed E-state index contributed by atoms with van der Waals surface area (Å²) in [4.78, 5) is 14.1. The summed E-state index contributed by atoms with van der Waals surface area (Å²) in [5.74, 6) is 0.283. The largest absolute Gasteiger partial charge is 0.379 e. The Bertz CT molecular complexity index is 253. The summed E-state index contributed by atoms with van der Waals surface area (Å²) in [5.41, 5.74) is 0. The molecule has 1 aliphatic carbocycles. The molecule has 1 N–H and O–H groups in total. The Hall–Kier alpha value is -0.610. The maximum atomic E-state index is 12.2. The van der Waals surface area contributed by atoms with E-state index in [0.717, 1.165) is 13.0 Å². The van der Waals surface area contributed by atoms with Crippen molar-refractivity contribution in [2.45, 2.75) is 38.3 Å². The average Bonchev–Trinajstić information content (AvgIpc) is 3.04. The molecule has 2 aliphatic rings. The van der Waals surface area contributed by atoms with Gasteiger partial charge in [-0.25, -0.2) is 0 Å². The van der Waals surface area contributed by atoms with Gasteiger partial charge in [-0.05, 0) is 25.8 Å². The van der Waals surface area contributed by atoms with E-state index in [2.05, 4.69) is 12.2 Å². The minimum Gasteiger partial charge on any atom is -0.379 e. The van der Waals surface area contributed by atoms with Gasteiger partial charge in [0, 0.05) is 19.1 Å². The van der Waals surface area contributed by atoms with Crippen LogP contribution in [0.3, 0.4) is 0 Å². The third-order valence-corrected chi connectivity index (χ3v) is 3.50. The lowest BCUT2D eigenvalue weighted by Gasteiger charge is -2.24. The third-order valence-electron chi connectivity index (χ3n) is 3.50. The Morgan fingerprint density at radius 1 is 1.44 bits per heavy atom. The molecule has 0 aromatic rings. The number of carbonyl (C=O) groups excluding carboxylic acids is 1. The van der Waals surface area contributed by atoms with Crippen LogP contribution in [0.25, 0.3) is 0 Å². The molecule has 1 amide bonds. The van der Waals surface area contributed by atoms with Gasteiger partial charge in [-0.15, -0.1) is 0 Å². The van der Waals surface area contributed by atoms with Crippen LogP contribution in [0.2, 0.25) is 0 Å². The van der Waals surface area contributed by atoms with Crippen LogP contribution in [0.5, 0.6) is 0 Å². The van der Waals surface area contributed by atoms with Crippen molar-refractivity contribution in [1.29, 1.82) is 0 Å². The molecular weight excluding hydrogens is 204 g/mol. The van der Waals surface area contributed by atoms with Crippen LogP contribution in [0, 0.1) is 5.92 Å². The second-order valence-corrected chi connectivity index (χ2v) is 4.88. The van der Waals surface area contributed by atoms with E-state index < -0.39 is 0 Å². The highest BCUT2D eigenvalue weighted by Crippen LogP contribution is 2.28. The van der Waals surface area contributed by atoms with Crippen LogP contribution >= 0.6 is 0 Å². The summed E-state index contributed by atoms with van der Waals surface area (Å²) in [6, 6.07) is 0.716. The summed E-state index contributed by atoms with van der Waals surface area (Å²) >= 11 is 0. The van der Waals surface area contributed by atoms with Gasteiger partial charge in [0.2, 0.25) is 5.91 Å². The molecule has 4 heteroatoms. The number of hydrogen-bond acceptors (Lipinski definition) is 3. The van der Waals surface area contributed by atoms with E-state index >= 15 is 0 Å². The predicted octanol–water partition coefficient (Wildman–Crippen LogP) is 0.622. The Morgan fingerprint density at radius 2 is 2.19 bits per heavy atom. The van der Waals surface area contributed by atoms with Gasteiger partial charge in [-0.2, -0.15) is 0 Å². The highest BCUT2D eigenvalue weighted by Gasteiger charge is 2.39. The summed E-state index contributed by atoms with van der Waals surface area (Å²) in [6.45, 7) is 4.35. The number of rotatable bonds is 5. The topological polar surface area (TPSA) is 41.6 Å². The number of ether oxygens (including phenoxy) is 1. The van der Waals surface area contributed by atoms with Crippen LogP contribution in [0.4, 0.5) is 0 Å². The van der Waals surface area contributed by atoms with Crippen molar-refractivity contribution >= 4 is 5.91 Å². The van der Waals surface area contributed by atoms with Crippen LogP contribution in [0.1, 0.15) is 26.2 Å². The van der Waals surface area contributed by atoms with Crippen LogP contribution in [-0.4, -0.2) is 49.7 Å². The molecule has 1 saturated heterocycles. The summed E-state index contributed by atoms with van der Waals surface area (Å²) in [7, 11) is 1.93. The summed E-state index contributed by atoms with van der Waals surface area (Å²) in [6.07, 6.45) is 3.43. The molecular formula is C12H22N2O2. The highest BCUT2D eigenvalue weighted by atomic mass is 16.5. The molecule has 0 bridgehead atoms. The number of amides is 1. The zero-order valence-electron chi connectivity index (χ0n) is 10.2. The second-order valence-electron chi connectivity index (χ2n) is 4.88. The number of nitrogens with one attached hydrogen (secondary N) is 1. The monoisotopic (exact) mass is 226 g/mol. The smallest absolute Gasteiger partial charge is 0.229 e. The first-order valence-electron chi connectivity index (χ1n) is 6.31. The molecule has 2 unspecified atom stereocenters. The standard InChI is InChI=1S/C12H22N2O2/c1-3-6-13-11-8-16-7-10(11)12(15)14(2)9-4-5-9/h9-11,13H,3-8H2,1-2H3. The SMILES string of the molecule is CCCNC1COCC1C(=O)N(C)C1CC1. The Labute approximate surface area is 97.3 Å². The fourth-order valence-electron chi connectivity index (χ4n) is 2.23. The molecule has 1 heterocycles. The number of hydrogen-bond donors (Lipinski definition) is 1. The number of nitrogens with zero attached hydrogens (tertiary/aromatic N) is 1. The van der Waals surface area contributed by atoms with Gasteiger partial charge in [0.15, 0.2) is 0 Å². The first kappa shape index (κ1) is 11.9. The minimum atomic E-state index is 0.0251. The molecule has 2 rings (SSSR count). The molecule has 1 saturated carbocycles. The number of carbonyl (C=O) groups is 1. The maximum Gasteiger partial charge on any atom is 0.229 e. The van der Waals surface area contributed by atoms with Gasteiger partial charge < -0.3 is 15.0 Å². The molecule has 0 spiro atoms. The van der Waals surface area contributed by atoms with Crippen molar-refractivity contribution in [3.63, 3.8) is 0 Å². The van der Waals surface area contributed by atoms with E-state index in [1.807, 2.05) is 11.9 Å². The maximum absolute atomic E-state index is 12.2. The minimum absolute atomic E-state index is 0.0251. The van der Waals surface area contributed by atoms with E-state index in [4.69, 9.17) is 4.74 Å². The van der Waals surface area contributed by atoms with Crippen LogP contribution in [-0.2, 0) is 9.53 Å². The molecule has 4 nitrogen and oxygen atoms in total. The Kier molecular flexibility index (Phi) is 3.82. The molecule has 2 atom stereocenters.